The van der Waals surface area contributed by atoms with Gasteiger partial charge >= 0.3 is 0 Å². The highest BCUT2D eigenvalue weighted by molar-refractivity contribution is 7.80. The van der Waals surface area contributed by atoms with Gasteiger partial charge < -0.3 is 9.87 Å². The Hall–Kier alpha value is -1.71. The van der Waals surface area contributed by atoms with Crippen molar-refractivity contribution in [3.8, 4) is 0 Å². The summed E-state index contributed by atoms with van der Waals surface area (Å²) in [6.07, 6.45) is 45.9. The Morgan fingerprint density at radius 3 is 1.53 bits per heavy atom. The van der Waals surface area contributed by atoms with Crippen LogP contribution in [0.3, 0.4) is 0 Å². The summed E-state index contributed by atoms with van der Waals surface area (Å²) in [5.74, 6) is 1.76. The lowest BCUT2D eigenvalue weighted by atomic mass is 10.1. The van der Waals surface area contributed by atoms with Gasteiger partial charge in [-0.05, 0) is 78.1 Å². The summed E-state index contributed by atoms with van der Waals surface area (Å²) in [7, 11) is -4.42. The molecule has 1 rings (SSSR count). The number of amidine groups is 1. The van der Waals surface area contributed by atoms with E-state index in [4.69, 9.17) is 0 Å². The van der Waals surface area contributed by atoms with Gasteiger partial charge in [0.05, 0.1) is 19.7 Å². The third kappa shape index (κ3) is 35.7. The van der Waals surface area contributed by atoms with E-state index in [9.17, 15) is 17.8 Å². The molecule has 0 fully saturated rings. The first-order chi connectivity index (χ1) is 25.8. The van der Waals surface area contributed by atoms with Crippen LogP contribution in [-0.4, -0.2) is 73.5 Å². The lowest BCUT2D eigenvalue weighted by Gasteiger charge is -2.12. The van der Waals surface area contributed by atoms with E-state index in [-0.39, 0.29) is 12.5 Å². The molecule has 0 radical (unpaired) electrons. The fourth-order valence-corrected chi connectivity index (χ4v) is 7.16. The van der Waals surface area contributed by atoms with Gasteiger partial charge in [-0.1, -0.05) is 141 Å². The average molecular weight is 768 g/mol. The number of rotatable bonds is 36. The van der Waals surface area contributed by atoms with Crippen LogP contribution in [0, 0.1) is 0 Å². The van der Waals surface area contributed by atoms with E-state index in [0.29, 0.717) is 6.42 Å². The van der Waals surface area contributed by atoms with Crippen LogP contribution in [0.15, 0.2) is 24.3 Å². The quantitative estimate of drug-likeness (QED) is 0.0224. The zero-order valence-electron chi connectivity index (χ0n) is 35.2. The second kappa shape index (κ2) is 38.6. The number of nitrogens with zero attached hydrogens (tertiary/aromatic N) is 2. The van der Waals surface area contributed by atoms with Crippen LogP contribution >= 0.6 is 0 Å². The summed E-state index contributed by atoms with van der Waals surface area (Å²) in [6.45, 7) is 13.3. The molecule has 312 valence electrons. The Morgan fingerprint density at radius 1 is 0.679 bits per heavy atom. The number of hydrogen-bond acceptors (Lipinski definition) is 6. The standard InChI is InChI=1S/C42H79N3O.C2H6O4S/c1-4-7-9-11-13-15-17-19-21-23-25-27-29-31-33-35-41(46)43-37-38-45-40-39-44(6-3)42(45)36-34-32-30-28-26-24-22-20-18-16-14-12-10-8-5-2;1-2-6-7(3,4)5/h19-22H,4-18,23-40H2,1-3H3;2H2,1H3,(H,3,4,5)/b21-19-,22-20+;. The van der Waals surface area contributed by atoms with Gasteiger partial charge in [0.2, 0.25) is 22.1 Å². The number of carbonyl (C=O) groups excluding carboxylic acids is 1. The van der Waals surface area contributed by atoms with Gasteiger partial charge in [-0.2, -0.15) is 0 Å². The van der Waals surface area contributed by atoms with Crippen LogP contribution in [0.2, 0.25) is 0 Å². The SMILES string of the molecule is CCCCCCCC/C=C\CCCCCCCC(=O)NCC[N+]1=C(CCCCCCC/C=C/CCCCCCCC)N(CC)CC1.CCOS(=O)(=O)[O-]. The van der Waals surface area contributed by atoms with Crippen LogP contribution < -0.4 is 5.32 Å². The van der Waals surface area contributed by atoms with Crippen LogP contribution in [0.25, 0.3) is 0 Å². The molecule has 0 atom stereocenters. The van der Waals surface area contributed by atoms with E-state index < -0.39 is 10.4 Å². The van der Waals surface area contributed by atoms with Crippen LogP contribution in [0.5, 0.6) is 0 Å². The molecule has 0 aromatic rings. The maximum Gasteiger partial charge on any atom is 0.247 e. The molecule has 0 saturated carbocycles. The molecule has 0 aromatic heterocycles. The Morgan fingerprint density at radius 2 is 1.11 bits per heavy atom. The van der Waals surface area contributed by atoms with Crippen molar-refractivity contribution in [1.82, 2.24) is 10.2 Å². The fraction of sp³-hybridized carbons (Fsp3) is 0.864. The van der Waals surface area contributed by atoms with Gasteiger partial charge in [-0.15, -0.1) is 0 Å². The normalized spacial score (nSPS) is 13.4. The van der Waals surface area contributed by atoms with Gasteiger partial charge in [-0.3, -0.25) is 18.5 Å². The summed E-state index contributed by atoms with van der Waals surface area (Å²) >= 11 is 0. The molecule has 0 spiro atoms. The van der Waals surface area contributed by atoms with Gasteiger partial charge in [-0.25, -0.2) is 8.42 Å². The molecule has 1 amide bonds. The molecule has 9 heteroatoms. The average Bonchev–Trinajstić information content (AvgIpc) is 3.52. The highest BCUT2D eigenvalue weighted by Gasteiger charge is 2.28. The van der Waals surface area contributed by atoms with Crippen molar-refractivity contribution in [2.24, 2.45) is 0 Å². The molecule has 1 aliphatic heterocycles. The van der Waals surface area contributed by atoms with E-state index in [2.05, 4.69) is 64.1 Å². The highest BCUT2D eigenvalue weighted by Crippen LogP contribution is 2.14. The molecule has 1 aliphatic rings. The Labute approximate surface area is 329 Å². The summed E-state index contributed by atoms with van der Waals surface area (Å²) in [5, 5.41) is 3.21. The monoisotopic (exact) mass is 768 g/mol. The lowest BCUT2D eigenvalue weighted by Crippen LogP contribution is -2.33. The molecule has 0 saturated heterocycles. The van der Waals surface area contributed by atoms with Crippen molar-refractivity contribution in [1.29, 1.82) is 0 Å². The number of hydrogen-bond donors (Lipinski definition) is 1. The van der Waals surface area contributed by atoms with Gasteiger partial charge in [0, 0.05) is 12.8 Å². The van der Waals surface area contributed by atoms with Gasteiger partial charge in [0.1, 0.15) is 19.6 Å². The van der Waals surface area contributed by atoms with Crippen molar-refractivity contribution in [2.75, 3.05) is 39.3 Å². The molecule has 8 nitrogen and oxygen atoms in total. The van der Waals surface area contributed by atoms with E-state index in [1.807, 2.05) is 0 Å². The molecule has 1 heterocycles. The second-order valence-electron chi connectivity index (χ2n) is 14.8. The maximum absolute atomic E-state index is 12.4. The molecule has 0 aromatic carbocycles. The Balaban J connectivity index is 0.00000348. The Kier molecular flexibility index (Phi) is 37.3. The first kappa shape index (κ1) is 51.3. The number of amides is 1. The third-order valence-electron chi connectivity index (χ3n) is 10.0. The van der Waals surface area contributed by atoms with Crippen LogP contribution in [-0.2, 0) is 19.4 Å². The van der Waals surface area contributed by atoms with E-state index in [0.717, 1.165) is 39.1 Å². The number of allylic oxidation sites excluding steroid dienone is 4. The van der Waals surface area contributed by atoms with Crippen LogP contribution in [0.1, 0.15) is 207 Å². The molecule has 0 unspecified atom stereocenters. The van der Waals surface area contributed by atoms with Crippen LogP contribution in [0.4, 0.5) is 0 Å². The van der Waals surface area contributed by atoms with E-state index in [1.165, 1.54) is 180 Å². The zero-order chi connectivity index (χ0) is 39.1. The van der Waals surface area contributed by atoms with Crippen molar-refractivity contribution < 1.29 is 26.5 Å². The summed E-state index contributed by atoms with van der Waals surface area (Å²) < 4.78 is 34.5. The predicted octanol–water partition coefficient (Wildman–Crippen LogP) is 11.4. The summed E-state index contributed by atoms with van der Waals surface area (Å²) in [5.41, 5.74) is 0. The largest absolute Gasteiger partial charge is 0.726 e. The molecule has 0 bridgehead atoms. The smallest absolute Gasteiger partial charge is 0.247 e. The maximum atomic E-state index is 12.4. The third-order valence-corrected chi connectivity index (χ3v) is 10.6. The first-order valence-electron chi connectivity index (χ1n) is 22.3. The topological polar surface area (TPSA) is 102 Å². The molecule has 53 heavy (non-hydrogen) atoms. The lowest BCUT2D eigenvalue weighted by molar-refractivity contribution is -0.517. The van der Waals surface area contributed by atoms with Crippen molar-refractivity contribution >= 4 is 22.1 Å². The molecular formula is C44H85N3O5S. The van der Waals surface area contributed by atoms with Gasteiger partial charge in [0.15, 0.2) is 0 Å². The minimum atomic E-state index is -4.42. The number of carbonyl (C=O) groups is 1. The molecular weight excluding hydrogens is 683 g/mol. The summed E-state index contributed by atoms with van der Waals surface area (Å²) in [6, 6.07) is 0. The first-order valence-corrected chi connectivity index (χ1v) is 23.6. The predicted molar refractivity (Wildman–Crippen MR) is 225 cm³/mol. The Bertz CT molecular complexity index is 1030. The summed E-state index contributed by atoms with van der Waals surface area (Å²) in [4.78, 5) is 15.0. The molecule has 1 N–H and O–H groups in total. The second-order valence-corrected chi connectivity index (χ2v) is 15.9. The van der Waals surface area contributed by atoms with E-state index >= 15 is 0 Å². The minimum absolute atomic E-state index is 0.0914. The molecule has 0 aliphatic carbocycles. The number of likely N-dealkylation sites (N-methyl/N-ethyl adjacent to an activating group) is 1. The van der Waals surface area contributed by atoms with Crippen molar-refractivity contribution in [3.63, 3.8) is 0 Å². The number of unbranched alkanes of at least 4 members (excludes halogenated alkanes) is 22. The van der Waals surface area contributed by atoms with E-state index in [1.54, 1.807) is 0 Å². The van der Waals surface area contributed by atoms with Crippen molar-refractivity contribution in [3.05, 3.63) is 24.3 Å². The zero-order valence-corrected chi connectivity index (χ0v) is 36.0. The van der Waals surface area contributed by atoms with Crippen molar-refractivity contribution in [2.45, 2.75) is 207 Å². The van der Waals surface area contributed by atoms with Gasteiger partial charge in [0.25, 0.3) is 0 Å². The highest BCUT2D eigenvalue weighted by atomic mass is 32.3. The number of nitrogens with one attached hydrogen (secondary N) is 1. The fourth-order valence-electron chi connectivity index (χ4n) is 6.87. The minimum Gasteiger partial charge on any atom is -0.726 e.